The predicted molar refractivity (Wildman–Crippen MR) is 56.8 cm³/mol. The van der Waals surface area contributed by atoms with E-state index in [-0.39, 0.29) is 0 Å². The van der Waals surface area contributed by atoms with Crippen molar-refractivity contribution >= 4 is 0 Å². The first kappa shape index (κ1) is 9.51. The lowest BCUT2D eigenvalue weighted by molar-refractivity contribution is 0.358. The third kappa shape index (κ3) is 2.25. The van der Waals surface area contributed by atoms with E-state index in [1.165, 1.54) is 45.1 Å². The van der Waals surface area contributed by atoms with Gasteiger partial charge in [-0.05, 0) is 37.0 Å². The van der Waals surface area contributed by atoms with Crippen molar-refractivity contribution < 1.29 is 0 Å². The molecule has 2 aliphatic rings. The number of hydrogen-bond donors (Lipinski definition) is 1. The Hall–Kier alpha value is -0.0400. The molecule has 0 saturated heterocycles. The van der Waals surface area contributed by atoms with Gasteiger partial charge in [-0.2, -0.15) is 0 Å². The number of hydrogen-bond acceptors (Lipinski definition) is 1. The summed E-state index contributed by atoms with van der Waals surface area (Å²) in [6.07, 6.45) is 8.60. The Morgan fingerprint density at radius 3 is 2.69 bits per heavy atom. The van der Waals surface area contributed by atoms with Crippen molar-refractivity contribution in [2.45, 2.75) is 58.4 Å². The van der Waals surface area contributed by atoms with Gasteiger partial charge >= 0.3 is 0 Å². The summed E-state index contributed by atoms with van der Waals surface area (Å²) in [5, 5.41) is 3.79. The lowest BCUT2D eigenvalue weighted by Crippen LogP contribution is -2.35. The van der Waals surface area contributed by atoms with Gasteiger partial charge in [0.2, 0.25) is 0 Å². The highest BCUT2D eigenvalue weighted by Crippen LogP contribution is 2.44. The van der Waals surface area contributed by atoms with Gasteiger partial charge in [0.15, 0.2) is 0 Å². The van der Waals surface area contributed by atoms with Gasteiger partial charge in [-0.15, -0.1) is 0 Å². The van der Waals surface area contributed by atoms with Crippen LogP contribution in [0, 0.1) is 11.3 Å². The fraction of sp³-hybridized carbons (Fsp3) is 1.00. The first-order chi connectivity index (χ1) is 6.23. The van der Waals surface area contributed by atoms with E-state index in [0.29, 0.717) is 5.41 Å². The molecule has 0 amide bonds. The van der Waals surface area contributed by atoms with Crippen molar-refractivity contribution in [3.8, 4) is 0 Å². The molecule has 2 saturated carbocycles. The molecule has 0 aliphatic heterocycles. The Morgan fingerprint density at radius 1 is 1.31 bits per heavy atom. The molecule has 1 nitrogen and oxygen atoms in total. The van der Waals surface area contributed by atoms with Crippen LogP contribution >= 0.6 is 0 Å². The molecule has 2 rings (SSSR count). The summed E-state index contributed by atoms with van der Waals surface area (Å²) in [4.78, 5) is 0. The van der Waals surface area contributed by atoms with E-state index >= 15 is 0 Å². The van der Waals surface area contributed by atoms with Crippen LogP contribution in [0.2, 0.25) is 0 Å². The van der Waals surface area contributed by atoms with Crippen LogP contribution in [0.3, 0.4) is 0 Å². The van der Waals surface area contributed by atoms with Crippen LogP contribution in [-0.4, -0.2) is 12.6 Å². The standard InChI is InChI=1S/C12H23N/c1-3-10-5-4-6-11(10)13-9-12(2)7-8-12/h10-11,13H,3-9H2,1-2H3. The van der Waals surface area contributed by atoms with E-state index in [1.807, 2.05) is 0 Å². The molecule has 0 bridgehead atoms. The van der Waals surface area contributed by atoms with Crippen molar-refractivity contribution in [1.82, 2.24) is 5.32 Å². The maximum atomic E-state index is 3.79. The predicted octanol–water partition coefficient (Wildman–Crippen LogP) is 2.95. The van der Waals surface area contributed by atoms with Gasteiger partial charge in [0.05, 0.1) is 0 Å². The van der Waals surface area contributed by atoms with E-state index in [0.717, 1.165) is 12.0 Å². The van der Waals surface area contributed by atoms with Gasteiger partial charge < -0.3 is 5.32 Å². The molecule has 0 aromatic carbocycles. The van der Waals surface area contributed by atoms with Crippen molar-refractivity contribution in [2.75, 3.05) is 6.54 Å². The minimum Gasteiger partial charge on any atom is -0.313 e. The maximum absolute atomic E-state index is 3.79. The molecule has 0 heterocycles. The Balaban J connectivity index is 1.73. The van der Waals surface area contributed by atoms with Gasteiger partial charge in [0, 0.05) is 12.6 Å². The van der Waals surface area contributed by atoms with Crippen LogP contribution < -0.4 is 5.32 Å². The zero-order chi connectivity index (χ0) is 9.31. The topological polar surface area (TPSA) is 12.0 Å². The zero-order valence-corrected chi connectivity index (χ0v) is 9.10. The molecule has 2 unspecified atom stereocenters. The first-order valence-electron chi connectivity index (χ1n) is 5.97. The van der Waals surface area contributed by atoms with Crippen molar-refractivity contribution in [2.24, 2.45) is 11.3 Å². The van der Waals surface area contributed by atoms with Gasteiger partial charge in [-0.1, -0.05) is 26.7 Å². The second-order valence-electron chi connectivity index (χ2n) is 5.40. The minimum absolute atomic E-state index is 0.681. The lowest BCUT2D eigenvalue weighted by atomic mass is 10.00. The average Bonchev–Trinajstić information content (AvgIpc) is 2.69. The van der Waals surface area contributed by atoms with Crippen LogP contribution in [0.25, 0.3) is 0 Å². The van der Waals surface area contributed by atoms with Crippen LogP contribution in [0.15, 0.2) is 0 Å². The highest BCUT2D eigenvalue weighted by Gasteiger charge is 2.38. The van der Waals surface area contributed by atoms with Crippen LogP contribution in [0.4, 0.5) is 0 Å². The second-order valence-corrected chi connectivity index (χ2v) is 5.40. The summed E-state index contributed by atoms with van der Waals surface area (Å²) in [5.74, 6) is 0.974. The quantitative estimate of drug-likeness (QED) is 0.703. The molecule has 2 aliphatic carbocycles. The second kappa shape index (κ2) is 3.61. The Kier molecular flexibility index (Phi) is 2.64. The van der Waals surface area contributed by atoms with E-state index in [9.17, 15) is 0 Å². The van der Waals surface area contributed by atoms with Crippen molar-refractivity contribution in [1.29, 1.82) is 0 Å². The highest BCUT2D eigenvalue weighted by atomic mass is 14.9. The molecule has 0 spiro atoms. The molecule has 0 aromatic rings. The van der Waals surface area contributed by atoms with Gasteiger partial charge in [-0.3, -0.25) is 0 Å². The highest BCUT2D eigenvalue weighted by molar-refractivity contribution is 4.93. The summed E-state index contributed by atoms with van der Waals surface area (Å²) in [5.41, 5.74) is 0.681. The molecular weight excluding hydrogens is 158 g/mol. The zero-order valence-electron chi connectivity index (χ0n) is 9.10. The summed E-state index contributed by atoms with van der Waals surface area (Å²) < 4.78 is 0. The van der Waals surface area contributed by atoms with E-state index < -0.39 is 0 Å². The molecule has 0 radical (unpaired) electrons. The fourth-order valence-electron chi connectivity index (χ4n) is 2.56. The van der Waals surface area contributed by atoms with Crippen LogP contribution in [0.5, 0.6) is 0 Å². The molecule has 76 valence electrons. The molecular formula is C12H23N. The normalized spacial score (nSPS) is 36.5. The monoisotopic (exact) mass is 181 g/mol. The minimum atomic E-state index is 0.681. The summed E-state index contributed by atoms with van der Waals surface area (Å²) >= 11 is 0. The smallest absolute Gasteiger partial charge is 0.00954 e. The molecule has 1 heteroatoms. The summed E-state index contributed by atoms with van der Waals surface area (Å²) in [6.45, 7) is 6.02. The third-order valence-corrected chi connectivity index (χ3v) is 4.08. The Morgan fingerprint density at radius 2 is 2.08 bits per heavy atom. The van der Waals surface area contributed by atoms with E-state index in [4.69, 9.17) is 0 Å². The first-order valence-corrected chi connectivity index (χ1v) is 5.97. The Labute approximate surface area is 82.3 Å². The van der Waals surface area contributed by atoms with E-state index in [1.54, 1.807) is 0 Å². The maximum Gasteiger partial charge on any atom is 0.00954 e. The van der Waals surface area contributed by atoms with Crippen molar-refractivity contribution in [3.05, 3.63) is 0 Å². The van der Waals surface area contributed by atoms with Crippen molar-refractivity contribution in [3.63, 3.8) is 0 Å². The average molecular weight is 181 g/mol. The van der Waals surface area contributed by atoms with Crippen LogP contribution in [0.1, 0.15) is 52.4 Å². The SMILES string of the molecule is CCC1CCCC1NCC1(C)CC1. The number of rotatable bonds is 4. The van der Waals surface area contributed by atoms with E-state index in [2.05, 4.69) is 19.2 Å². The molecule has 13 heavy (non-hydrogen) atoms. The molecule has 0 aromatic heterocycles. The summed E-state index contributed by atoms with van der Waals surface area (Å²) in [7, 11) is 0. The van der Waals surface area contributed by atoms with Crippen LogP contribution in [-0.2, 0) is 0 Å². The van der Waals surface area contributed by atoms with Gasteiger partial charge in [-0.25, -0.2) is 0 Å². The number of nitrogens with one attached hydrogen (secondary N) is 1. The summed E-state index contributed by atoms with van der Waals surface area (Å²) in [6, 6.07) is 0.849. The molecule has 1 N–H and O–H groups in total. The largest absolute Gasteiger partial charge is 0.313 e. The molecule has 2 fully saturated rings. The van der Waals surface area contributed by atoms with Gasteiger partial charge in [0.25, 0.3) is 0 Å². The molecule has 2 atom stereocenters. The lowest BCUT2D eigenvalue weighted by Gasteiger charge is -2.21. The third-order valence-electron chi connectivity index (χ3n) is 4.08. The Bertz CT molecular complexity index is 172. The van der Waals surface area contributed by atoms with Gasteiger partial charge in [0.1, 0.15) is 0 Å². The fourth-order valence-corrected chi connectivity index (χ4v) is 2.56.